The van der Waals surface area contributed by atoms with Crippen LogP contribution in [0, 0.1) is 5.82 Å². The number of likely N-dealkylation sites (N-methyl/N-ethyl adjacent to an activating group) is 1. The fourth-order valence-corrected chi connectivity index (χ4v) is 4.17. The standard InChI is InChI=1S/C19H21ClFN7O/c1-26-4-2-3-12(26)10-29-19-24-16-14(8-23-17(20)15(16)21)18(25-19)27-5-6-28-11-22-7-13(28)9-27/h7-8,11-12H,2-6,9-10H2,1H3/t12-/m0/s1. The van der Waals surface area contributed by atoms with Crippen molar-refractivity contribution in [2.24, 2.45) is 0 Å². The summed E-state index contributed by atoms with van der Waals surface area (Å²) in [5, 5.41) is 0.311. The van der Waals surface area contributed by atoms with Crippen LogP contribution in [0.2, 0.25) is 5.15 Å². The van der Waals surface area contributed by atoms with E-state index in [2.05, 4.69) is 41.4 Å². The summed E-state index contributed by atoms with van der Waals surface area (Å²) in [6.07, 6.45) is 7.39. The number of likely N-dealkylation sites (tertiary alicyclic amines) is 1. The third-order valence-electron chi connectivity index (χ3n) is 5.74. The van der Waals surface area contributed by atoms with E-state index in [1.54, 1.807) is 0 Å². The minimum absolute atomic E-state index is 0.129. The molecule has 0 aliphatic carbocycles. The lowest BCUT2D eigenvalue weighted by Crippen LogP contribution is -2.34. The number of nitrogens with zero attached hydrogens (tertiary/aromatic N) is 7. The zero-order valence-electron chi connectivity index (χ0n) is 16.1. The Morgan fingerprint density at radius 3 is 2.97 bits per heavy atom. The molecule has 0 radical (unpaired) electrons. The van der Waals surface area contributed by atoms with E-state index in [4.69, 9.17) is 16.3 Å². The van der Waals surface area contributed by atoms with Gasteiger partial charge < -0.3 is 19.1 Å². The van der Waals surface area contributed by atoms with Gasteiger partial charge in [-0.15, -0.1) is 0 Å². The van der Waals surface area contributed by atoms with Crippen molar-refractivity contribution in [3.8, 4) is 6.01 Å². The molecule has 1 saturated heterocycles. The summed E-state index contributed by atoms with van der Waals surface area (Å²) >= 11 is 5.91. The van der Waals surface area contributed by atoms with Crippen molar-refractivity contribution >= 4 is 28.3 Å². The molecule has 2 aliphatic rings. The van der Waals surface area contributed by atoms with Crippen LogP contribution in [0.4, 0.5) is 10.2 Å². The van der Waals surface area contributed by atoms with Crippen LogP contribution in [-0.4, -0.2) is 62.2 Å². The monoisotopic (exact) mass is 417 g/mol. The van der Waals surface area contributed by atoms with Crippen LogP contribution in [0.5, 0.6) is 6.01 Å². The van der Waals surface area contributed by atoms with Gasteiger partial charge in [-0.3, -0.25) is 0 Å². The molecule has 0 unspecified atom stereocenters. The van der Waals surface area contributed by atoms with Crippen LogP contribution in [0.1, 0.15) is 18.5 Å². The van der Waals surface area contributed by atoms with Crippen molar-refractivity contribution in [3.63, 3.8) is 0 Å². The number of pyridine rings is 1. The lowest BCUT2D eigenvalue weighted by atomic mass is 10.2. The summed E-state index contributed by atoms with van der Waals surface area (Å²) in [5.41, 5.74) is 1.20. The Labute approximate surface area is 172 Å². The predicted octanol–water partition coefficient (Wildman–Crippen LogP) is 2.51. The zero-order chi connectivity index (χ0) is 20.0. The summed E-state index contributed by atoms with van der Waals surface area (Å²) in [5.74, 6) is -0.0574. The molecule has 1 fully saturated rings. The zero-order valence-corrected chi connectivity index (χ0v) is 16.8. The van der Waals surface area contributed by atoms with E-state index in [0.717, 1.165) is 31.6 Å². The molecule has 152 valence electrons. The van der Waals surface area contributed by atoms with Crippen LogP contribution >= 0.6 is 11.6 Å². The highest BCUT2D eigenvalue weighted by Gasteiger charge is 2.25. The maximum Gasteiger partial charge on any atom is 0.319 e. The number of hydrogen-bond acceptors (Lipinski definition) is 7. The fraction of sp³-hybridized carbons (Fsp3) is 0.474. The first-order valence-corrected chi connectivity index (χ1v) is 10.1. The number of hydrogen-bond donors (Lipinski definition) is 0. The SMILES string of the molecule is CN1CCC[C@H]1COc1nc(N2CCn3cncc3C2)c2cnc(Cl)c(F)c2n1. The first kappa shape index (κ1) is 18.5. The number of rotatable bonds is 4. The topological polar surface area (TPSA) is 72.2 Å². The van der Waals surface area contributed by atoms with Gasteiger partial charge in [-0.1, -0.05) is 11.6 Å². The third kappa shape index (κ3) is 3.38. The molecule has 0 aromatic carbocycles. The molecule has 2 aliphatic heterocycles. The molecule has 3 aromatic heterocycles. The highest BCUT2D eigenvalue weighted by atomic mass is 35.5. The van der Waals surface area contributed by atoms with Crippen molar-refractivity contribution in [1.29, 1.82) is 0 Å². The van der Waals surface area contributed by atoms with E-state index in [9.17, 15) is 4.39 Å². The van der Waals surface area contributed by atoms with Crippen LogP contribution < -0.4 is 9.64 Å². The molecular formula is C19H21ClFN7O. The van der Waals surface area contributed by atoms with Gasteiger partial charge in [0, 0.05) is 31.5 Å². The quantitative estimate of drug-likeness (QED) is 0.604. The maximum absolute atomic E-state index is 14.7. The van der Waals surface area contributed by atoms with Crippen molar-refractivity contribution < 1.29 is 9.13 Å². The summed E-state index contributed by atoms with van der Waals surface area (Å²) in [6.45, 7) is 3.61. The molecular weight excluding hydrogens is 397 g/mol. The van der Waals surface area contributed by atoms with E-state index in [1.165, 1.54) is 6.20 Å². The second-order valence-corrected chi connectivity index (χ2v) is 7.90. The van der Waals surface area contributed by atoms with E-state index < -0.39 is 5.82 Å². The minimum Gasteiger partial charge on any atom is -0.462 e. The van der Waals surface area contributed by atoms with Gasteiger partial charge >= 0.3 is 6.01 Å². The van der Waals surface area contributed by atoms with Gasteiger partial charge in [0.2, 0.25) is 0 Å². The Bertz CT molecular complexity index is 1060. The third-order valence-corrected chi connectivity index (χ3v) is 6.00. The smallest absolute Gasteiger partial charge is 0.319 e. The highest BCUT2D eigenvalue weighted by molar-refractivity contribution is 6.30. The van der Waals surface area contributed by atoms with Gasteiger partial charge in [-0.05, 0) is 26.4 Å². The predicted molar refractivity (Wildman–Crippen MR) is 107 cm³/mol. The fourth-order valence-electron chi connectivity index (χ4n) is 4.03. The van der Waals surface area contributed by atoms with Crippen molar-refractivity contribution in [1.82, 2.24) is 29.4 Å². The van der Waals surface area contributed by atoms with Crippen molar-refractivity contribution in [2.45, 2.75) is 32.0 Å². The molecule has 3 aromatic rings. The summed E-state index contributed by atoms with van der Waals surface area (Å²) < 4.78 is 22.7. The van der Waals surface area contributed by atoms with Gasteiger partial charge in [0.05, 0.1) is 24.0 Å². The van der Waals surface area contributed by atoms with Crippen LogP contribution in [0.3, 0.4) is 0 Å². The first-order chi connectivity index (χ1) is 14.1. The highest BCUT2D eigenvalue weighted by Crippen LogP contribution is 2.31. The second kappa shape index (κ2) is 7.38. The molecule has 10 heteroatoms. The summed E-state index contributed by atoms with van der Waals surface area (Å²) in [4.78, 5) is 21.4. The lowest BCUT2D eigenvalue weighted by molar-refractivity contribution is 0.188. The Morgan fingerprint density at radius 1 is 1.24 bits per heavy atom. The van der Waals surface area contributed by atoms with Crippen LogP contribution in [0.15, 0.2) is 18.7 Å². The molecule has 5 rings (SSSR count). The van der Waals surface area contributed by atoms with Crippen LogP contribution in [-0.2, 0) is 13.1 Å². The van der Waals surface area contributed by atoms with E-state index in [1.807, 2.05) is 12.5 Å². The Morgan fingerprint density at radius 2 is 2.14 bits per heavy atom. The van der Waals surface area contributed by atoms with Gasteiger partial charge in [-0.25, -0.2) is 14.4 Å². The largest absolute Gasteiger partial charge is 0.462 e. The molecule has 0 saturated carbocycles. The molecule has 0 bridgehead atoms. The first-order valence-electron chi connectivity index (χ1n) is 9.69. The van der Waals surface area contributed by atoms with Crippen LogP contribution in [0.25, 0.3) is 10.9 Å². The van der Waals surface area contributed by atoms with Gasteiger partial charge in [0.15, 0.2) is 11.0 Å². The van der Waals surface area contributed by atoms with Gasteiger partial charge in [0.25, 0.3) is 0 Å². The minimum atomic E-state index is -0.655. The van der Waals surface area contributed by atoms with E-state index in [0.29, 0.717) is 36.9 Å². The summed E-state index contributed by atoms with van der Waals surface area (Å²) in [7, 11) is 2.08. The second-order valence-electron chi connectivity index (χ2n) is 7.54. The number of imidazole rings is 1. The number of aromatic nitrogens is 5. The van der Waals surface area contributed by atoms with Gasteiger partial charge in [0.1, 0.15) is 17.9 Å². The summed E-state index contributed by atoms with van der Waals surface area (Å²) in [6, 6.07) is 0.473. The Kier molecular flexibility index (Phi) is 4.71. The Hall–Kier alpha value is -2.52. The maximum atomic E-state index is 14.7. The average molecular weight is 418 g/mol. The molecule has 0 spiro atoms. The number of fused-ring (bicyclic) bond motifs is 2. The molecule has 1 atom stereocenters. The van der Waals surface area contributed by atoms with E-state index in [-0.39, 0.29) is 16.7 Å². The normalized spacial score (nSPS) is 19.7. The number of ether oxygens (including phenoxy) is 1. The lowest BCUT2D eigenvalue weighted by Gasteiger charge is -2.30. The van der Waals surface area contributed by atoms with E-state index >= 15 is 0 Å². The molecule has 29 heavy (non-hydrogen) atoms. The van der Waals surface area contributed by atoms with Gasteiger partial charge in [-0.2, -0.15) is 9.97 Å². The molecule has 5 heterocycles. The van der Waals surface area contributed by atoms with Crippen molar-refractivity contribution in [2.75, 3.05) is 31.6 Å². The molecule has 0 N–H and O–H groups in total. The molecule has 8 nitrogen and oxygen atoms in total. The average Bonchev–Trinajstić information content (AvgIpc) is 3.36. The van der Waals surface area contributed by atoms with Crippen molar-refractivity contribution in [3.05, 3.63) is 35.4 Å². The number of halogens is 2. The molecule has 0 amide bonds. The number of anilines is 1. The Balaban J connectivity index is 1.52.